The Labute approximate surface area is 114 Å². The van der Waals surface area contributed by atoms with Crippen LogP contribution in [0.5, 0.6) is 5.75 Å². The third-order valence-corrected chi connectivity index (χ3v) is 3.18. The van der Waals surface area contributed by atoms with Crippen molar-refractivity contribution in [1.82, 2.24) is 5.32 Å². The van der Waals surface area contributed by atoms with Crippen LogP contribution in [0.1, 0.15) is 5.56 Å². The second-order valence-electron chi connectivity index (χ2n) is 3.52. The van der Waals surface area contributed by atoms with Gasteiger partial charge in [-0.1, -0.05) is 22.0 Å². The van der Waals surface area contributed by atoms with E-state index >= 15 is 0 Å². The van der Waals surface area contributed by atoms with Crippen LogP contribution in [0.25, 0.3) is 0 Å². The van der Waals surface area contributed by atoms with E-state index in [0.29, 0.717) is 18.6 Å². The molecule has 0 aliphatic carbocycles. The number of carbonyl (C=O) groups is 2. The predicted molar refractivity (Wildman–Crippen MR) is 69.4 cm³/mol. The van der Waals surface area contributed by atoms with Crippen LogP contribution < -0.4 is 10.1 Å². The van der Waals surface area contributed by atoms with Crippen LogP contribution in [0.2, 0.25) is 0 Å². The summed E-state index contributed by atoms with van der Waals surface area (Å²) in [7, 11) is 2.86. The Bertz CT molecular complexity index is 436. The molecule has 98 valence electrons. The van der Waals surface area contributed by atoms with Crippen molar-refractivity contribution in [2.24, 2.45) is 0 Å². The summed E-state index contributed by atoms with van der Waals surface area (Å²) in [5, 5.41) is 2.43. The van der Waals surface area contributed by atoms with E-state index in [1.165, 1.54) is 7.11 Å². The minimum absolute atomic E-state index is 0.343. The Kier molecular flexibility index (Phi) is 5.64. The van der Waals surface area contributed by atoms with Crippen LogP contribution in [0.4, 0.5) is 0 Å². The molecule has 6 heteroatoms. The molecule has 0 heterocycles. The molecule has 5 nitrogen and oxygen atoms in total. The van der Waals surface area contributed by atoms with Gasteiger partial charge in [0.1, 0.15) is 11.8 Å². The maximum absolute atomic E-state index is 11.5. The first-order chi connectivity index (χ1) is 8.62. The Balaban J connectivity index is 2.86. The summed E-state index contributed by atoms with van der Waals surface area (Å²) in [5.74, 6) is 0.230. The smallest absolute Gasteiger partial charge is 0.328 e. The van der Waals surface area contributed by atoms with E-state index in [4.69, 9.17) is 4.74 Å². The fourth-order valence-electron chi connectivity index (χ4n) is 1.48. The molecule has 0 fully saturated rings. The highest BCUT2D eigenvalue weighted by molar-refractivity contribution is 9.10. The van der Waals surface area contributed by atoms with Gasteiger partial charge < -0.3 is 14.8 Å². The van der Waals surface area contributed by atoms with E-state index < -0.39 is 12.0 Å². The number of halogens is 1. The Morgan fingerprint density at radius 3 is 2.72 bits per heavy atom. The largest absolute Gasteiger partial charge is 0.497 e. The molecule has 0 saturated carbocycles. The van der Waals surface area contributed by atoms with Gasteiger partial charge >= 0.3 is 5.97 Å². The molecule has 0 unspecified atom stereocenters. The zero-order chi connectivity index (χ0) is 13.5. The number of methoxy groups -OCH3 is 2. The average Bonchev–Trinajstić information content (AvgIpc) is 2.39. The van der Waals surface area contributed by atoms with E-state index in [1.807, 2.05) is 6.07 Å². The number of amides is 1. The van der Waals surface area contributed by atoms with Crippen molar-refractivity contribution >= 4 is 28.3 Å². The molecule has 0 aliphatic rings. The molecule has 1 rings (SSSR count). The van der Waals surface area contributed by atoms with Crippen molar-refractivity contribution in [1.29, 1.82) is 0 Å². The number of hydrogen-bond donors (Lipinski definition) is 1. The van der Waals surface area contributed by atoms with E-state index in [2.05, 4.69) is 26.0 Å². The van der Waals surface area contributed by atoms with E-state index in [-0.39, 0.29) is 0 Å². The van der Waals surface area contributed by atoms with Gasteiger partial charge in [0, 0.05) is 10.9 Å². The van der Waals surface area contributed by atoms with Crippen LogP contribution in [-0.4, -0.2) is 32.6 Å². The molecule has 0 saturated heterocycles. The molecule has 1 aromatic carbocycles. The highest BCUT2D eigenvalue weighted by atomic mass is 79.9. The van der Waals surface area contributed by atoms with Gasteiger partial charge in [-0.15, -0.1) is 0 Å². The van der Waals surface area contributed by atoms with Gasteiger partial charge in [-0.25, -0.2) is 4.79 Å². The second-order valence-corrected chi connectivity index (χ2v) is 4.38. The number of esters is 1. The third-order valence-electron chi connectivity index (χ3n) is 2.44. The number of hydrogen-bond acceptors (Lipinski definition) is 4. The first kappa shape index (κ1) is 14.5. The summed E-state index contributed by atoms with van der Waals surface area (Å²) in [6, 6.07) is 4.71. The lowest BCUT2D eigenvalue weighted by Crippen LogP contribution is -2.38. The molecular weight excluding hydrogens is 302 g/mol. The zero-order valence-corrected chi connectivity index (χ0v) is 11.7. The number of nitrogens with one attached hydrogen (secondary N) is 1. The number of rotatable bonds is 6. The molecule has 1 aromatic rings. The Hall–Kier alpha value is -1.56. The first-order valence-electron chi connectivity index (χ1n) is 5.22. The van der Waals surface area contributed by atoms with Crippen LogP contribution in [0.3, 0.4) is 0 Å². The van der Waals surface area contributed by atoms with Gasteiger partial charge in [0.05, 0.1) is 14.2 Å². The molecule has 0 aliphatic heterocycles. The summed E-state index contributed by atoms with van der Waals surface area (Å²) in [6.45, 7) is 0. The fraction of sp³-hybridized carbons (Fsp3) is 0.333. The van der Waals surface area contributed by atoms with Gasteiger partial charge in [0.15, 0.2) is 0 Å². The third kappa shape index (κ3) is 3.73. The molecule has 18 heavy (non-hydrogen) atoms. The lowest BCUT2D eigenvalue weighted by Gasteiger charge is -2.15. The molecule has 1 atom stereocenters. The summed E-state index contributed by atoms with van der Waals surface area (Å²) in [5.41, 5.74) is 0.876. The lowest BCUT2D eigenvalue weighted by molar-refractivity contribution is -0.144. The molecule has 0 spiro atoms. The Morgan fingerprint density at radius 1 is 1.50 bits per heavy atom. The quantitative estimate of drug-likeness (QED) is 0.634. The number of carbonyl (C=O) groups excluding carboxylic acids is 2. The first-order valence-corrected chi connectivity index (χ1v) is 6.01. The van der Waals surface area contributed by atoms with Crippen LogP contribution in [-0.2, 0) is 20.7 Å². The minimum Gasteiger partial charge on any atom is -0.497 e. The van der Waals surface area contributed by atoms with Crippen LogP contribution >= 0.6 is 15.9 Å². The van der Waals surface area contributed by atoms with Crippen molar-refractivity contribution in [3.8, 4) is 5.75 Å². The van der Waals surface area contributed by atoms with Crippen molar-refractivity contribution in [2.45, 2.75) is 12.5 Å². The Morgan fingerprint density at radius 2 is 2.22 bits per heavy atom. The maximum atomic E-state index is 11.5. The van der Waals surface area contributed by atoms with Gasteiger partial charge in [-0.2, -0.15) is 0 Å². The standard InChI is InChI=1S/C12H14BrNO4/c1-17-9-4-3-8(10(13)6-9)5-11(14-7-15)12(16)18-2/h3-4,6-7,11H,5H2,1-2H3,(H,14,15)/t11-/m1/s1. The average molecular weight is 316 g/mol. The van der Waals surface area contributed by atoms with Gasteiger partial charge in [0.2, 0.25) is 6.41 Å². The van der Waals surface area contributed by atoms with E-state index in [9.17, 15) is 9.59 Å². The van der Waals surface area contributed by atoms with E-state index in [0.717, 1.165) is 10.0 Å². The van der Waals surface area contributed by atoms with Gasteiger partial charge in [-0.3, -0.25) is 4.79 Å². The summed E-state index contributed by atoms with van der Waals surface area (Å²) in [6.07, 6.45) is 0.828. The van der Waals surface area contributed by atoms with Gasteiger partial charge in [0.25, 0.3) is 0 Å². The van der Waals surface area contributed by atoms with Gasteiger partial charge in [-0.05, 0) is 17.7 Å². The molecule has 0 radical (unpaired) electrons. The second kappa shape index (κ2) is 7.00. The van der Waals surface area contributed by atoms with Crippen LogP contribution in [0.15, 0.2) is 22.7 Å². The topological polar surface area (TPSA) is 64.6 Å². The van der Waals surface area contributed by atoms with E-state index in [1.54, 1.807) is 19.2 Å². The molecular formula is C12H14BrNO4. The summed E-state index contributed by atoms with van der Waals surface area (Å²) >= 11 is 3.39. The fourth-order valence-corrected chi connectivity index (χ4v) is 1.99. The SMILES string of the molecule is COC(=O)[C@@H](Cc1ccc(OC)cc1Br)NC=O. The van der Waals surface area contributed by atoms with Crippen molar-refractivity contribution in [3.63, 3.8) is 0 Å². The summed E-state index contributed by atoms with van der Waals surface area (Å²) in [4.78, 5) is 21.9. The van der Waals surface area contributed by atoms with Crippen molar-refractivity contribution in [3.05, 3.63) is 28.2 Å². The maximum Gasteiger partial charge on any atom is 0.328 e. The van der Waals surface area contributed by atoms with Crippen LogP contribution in [0, 0.1) is 0 Å². The normalized spacial score (nSPS) is 11.5. The number of benzene rings is 1. The minimum atomic E-state index is -0.697. The molecule has 0 bridgehead atoms. The highest BCUT2D eigenvalue weighted by Gasteiger charge is 2.19. The van der Waals surface area contributed by atoms with Crippen molar-refractivity contribution < 1.29 is 19.1 Å². The lowest BCUT2D eigenvalue weighted by atomic mass is 10.1. The predicted octanol–water partition coefficient (Wildman–Crippen LogP) is 1.29. The highest BCUT2D eigenvalue weighted by Crippen LogP contribution is 2.24. The van der Waals surface area contributed by atoms with Crippen molar-refractivity contribution in [2.75, 3.05) is 14.2 Å². The molecule has 1 amide bonds. The summed E-state index contributed by atoms with van der Waals surface area (Å²) < 4.78 is 10.5. The molecule has 0 aromatic heterocycles. The monoisotopic (exact) mass is 315 g/mol. The molecule has 1 N–H and O–H groups in total. The number of ether oxygens (including phenoxy) is 2. The zero-order valence-electron chi connectivity index (χ0n) is 10.1.